The third-order valence-electron chi connectivity index (χ3n) is 2.07. The molecule has 0 bridgehead atoms. The second-order valence-corrected chi connectivity index (χ2v) is 5.68. The van der Waals surface area contributed by atoms with Gasteiger partial charge in [0.25, 0.3) is 0 Å². The Bertz CT molecular complexity index is 479. The molecule has 0 saturated heterocycles. The average Bonchev–Trinajstić information content (AvgIpc) is 2.87. The van der Waals surface area contributed by atoms with Crippen LogP contribution in [-0.4, -0.2) is 39.9 Å². The molecule has 0 spiro atoms. The minimum Gasteiger partial charge on any atom is -0.382 e. The normalized spacial score (nSPS) is 10.6. The maximum Gasteiger partial charge on any atom is 0.206 e. The van der Waals surface area contributed by atoms with E-state index in [0.29, 0.717) is 5.16 Å². The number of hydrogen-bond donors (Lipinski definition) is 1. The number of ether oxygens (including phenoxy) is 1. The second kappa shape index (κ2) is 8.03. The van der Waals surface area contributed by atoms with E-state index >= 15 is 0 Å². The molecule has 0 saturated carbocycles. The molecule has 0 aromatic carbocycles. The van der Waals surface area contributed by atoms with E-state index in [2.05, 4.69) is 25.5 Å². The molecule has 2 rings (SSSR count). The highest BCUT2D eigenvalue weighted by atomic mass is 32.2. The molecule has 102 valence electrons. The molecule has 19 heavy (non-hydrogen) atoms. The molecular weight excluding hydrogens is 282 g/mol. The van der Waals surface area contributed by atoms with Crippen molar-refractivity contribution in [1.82, 2.24) is 20.2 Å². The van der Waals surface area contributed by atoms with Gasteiger partial charge in [0.2, 0.25) is 5.13 Å². The summed E-state index contributed by atoms with van der Waals surface area (Å²) < 4.78 is 6.09. The smallest absolute Gasteiger partial charge is 0.206 e. The van der Waals surface area contributed by atoms with Gasteiger partial charge in [-0.15, -0.1) is 10.2 Å². The zero-order valence-electron chi connectivity index (χ0n) is 10.6. The number of hydrogen-bond acceptors (Lipinski definition) is 8. The highest BCUT2D eigenvalue weighted by Gasteiger charge is 2.06. The molecule has 0 aliphatic heterocycles. The Labute approximate surface area is 120 Å². The van der Waals surface area contributed by atoms with Crippen LogP contribution in [0.25, 0.3) is 0 Å². The lowest BCUT2D eigenvalue weighted by molar-refractivity contribution is 0.147. The van der Waals surface area contributed by atoms with Crippen molar-refractivity contribution in [2.45, 2.75) is 22.8 Å². The Morgan fingerprint density at radius 1 is 1.32 bits per heavy atom. The van der Waals surface area contributed by atoms with Gasteiger partial charge in [0.1, 0.15) is 0 Å². The van der Waals surface area contributed by atoms with Crippen molar-refractivity contribution in [3.05, 3.63) is 18.5 Å². The van der Waals surface area contributed by atoms with Gasteiger partial charge in [0.15, 0.2) is 9.50 Å². The fourth-order valence-electron chi connectivity index (χ4n) is 1.25. The molecule has 6 nitrogen and oxygen atoms in total. The maximum atomic E-state index is 5.26. The van der Waals surface area contributed by atoms with E-state index in [1.165, 1.54) is 23.1 Å². The summed E-state index contributed by atoms with van der Waals surface area (Å²) in [6, 6.07) is 1.79. The number of aromatic nitrogens is 4. The third kappa shape index (κ3) is 5.09. The van der Waals surface area contributed by atoms with E-state index in [-0.39, 0.29) is 0 Å². The van der Waals surface area contributed by atoms with E-state index in [4.69, 9.17) is 4.74 Å². The largest absolute Gasteiger partial charge is 0.382 e. The Kier molecular flexibility index (Phi) is 5.99. The van der Waals surface area contributed by atoms with Crippen molar-refractivity contribution in [1.29, 1.82) is 0 Å². The van der Waals surface area contributed by atoms with Gasteiger partial charge in [-0.2, -0.15) is 0 Å². The molecule has 2 heterocycles. The second-order valence-electron chi connectivity index (χ2n) is 3.48. The predicted molar refractivity (Wildman–Crippen MR) is 75.7 cm³/mol. The lowest BCUT2D eigenvalue weighted by atomic mass is 10.4. The van der Waals surface area contributed by atoms with Crippen LogP contribution in [0.3, 0.4) is 0 Å². The Morgan fingerprint density at radius 3 is 2.95 bits per heavy atom. The van der Waals surface area contributed by atoms with Gasteiger partial charge in [-0.3, -0.25) is 0 Å². The first-order valence-electron chi connectivity index (χ1n) is 5.98. The van der Waals surface area contributed by atoms with Gasteiger partial charge < -0.3 is 10.1 Å². The maximum absolute atomic E-state index is 5.26. The van der Waals surface area contributed by atoms with Crippen LogP contribution in [-0.2, 0) is 4.74 Å². The van der Waals surface area contributed by atoms with Crippen LogP contribution >= 0.6 is 23.1 Å². The average molecular weight is 297 g/mol. The first kappa shape index (κ1) is 14.2. The van der Waals surface area contributed by atoms with Crippen molar-refractivity contribution >= 4 is 28.2 Å². The molecule has 0 aliphatic rings. The van der Waals surface area contributed by atoms with Crippen LogP contribution in [0, 0.1) is 0 Å². The summed E-state index contributed by atoms with van der Waals surface area (Å²) in [5.41, 5.74) is 0. The Morgan fingerprint density at radius 2 is 2.16 bits per heavy atom. The minimum absolute atomic E-state index is 0.682. The lowest BCUT2D eigenvalue weighted by Gasteiger charge is -2.01. The van der Waals surface area contributed by atoms with Crippen LogP contribution in [0.4, 0.5) is 5.13 Å². The summed E-state index contributed by atoms with van der Waals surface area (Å²) in [6.45, 7) is 4.35. The summed E-state index contributed by atoms with van der Waals surface area (Å²) in [7, 11) is 0. The summed E-state index contributed by atoms with van der Waals surface area (Å²) in [5, 5.41) is 12.9. The van der Waals surface area contributed by atoms with E-state index in [9.17, 15) is 0 Å². The monoisotopic (exact) mass is 297 g/mol. The van der Waals surface area contributed by atoms with Crippen molar-refractivity contribution in [3.8, 4) is 0 Å². The Hall–Kier alpha value is -1.25. The topological polar surface area (TPSA) is 72.8 Å². The number of anilines is 1. The highest BCUT2D eigenvalue weighted by molar-refractivity contribution is 8.00. The van der Waals surface area contributed by atoms with E-state index in [0.717, 1.165) is 35.7 Å². The molecule has 1 N–H and O–H groups in total. The van der Waals surface area contributed by atoms with Crippen LogP contribution in [0.15, 0.2) is 28.0 Å². The molecule has 2 aromatic rings. The van der Waals surface area contributed by atoms with Crippen molar-refractivity contribution in [2.75, 3.05) is 25.1 Å². The molecule has 0 unspecified atom stereocenters. The summed E-state index contributed by atoms with van der Waals surface area (Å²) in [4.78, 5) is 8.27. The molecule has 0 aliphatic carbocycles. The Balaban J connectivity index is 1.76. The molecular formula is C11H15N5OS2. The standard InChI is InChI=1S/C11H15N5OS2/c1-2-17-8-4-7-14-10-15-16-11(19-10)18-9-12-5-3-6-13-9/h3,5-6H,2,4,7-8H2,1H3,(H,14,15). The van der Waals surface area contributed by atoms with E-state index < -0.39 is 0 Å². The van der Waals surface area contributed by atoms with Crippen LogP contribution < -0.4 is 5.32 Å². The zero-order chi connectivity index (χ0) is 13.3. The zero-order valence-corrected chi connectivity index (χ0v) is 12.2. The lowest BCUT2D eigenvalue weighted by Crippen LogP contribution is -2.05. The van der Waals surface area contributed by atoms with Crippen molar-refractivity contribution in [2.24, 2.45) is 0 Å². The fraction of sp³-hybridized carbons (Fsp3) is 0.455. The molecule has 2 aromatic heterocycles. The van der Waals surface area contributed by atoms with Gasteiger partial charge in [-0.25, -0.2) is 9.97 Å². The first-order chi connectivity index (χ1) is 9.38. The molecule has 8 heteroatoms. The molecule has 0 fully saturated rings. The van der Waals surface area contributed by atoms with E-state index in [1.54, 1.807) is 18.5 Å². The SMILES string of the molecule is CCOCCCNc1nnc(Sc2ncccn2)s1. The van der Waals surface area contributed by atoms with Gasteiger partial charge in [0, 0.05) is 32.2 Å². The van der Waals surface area contributed by atoms with Crippen molar-refractivity contribution < 1.29 is 4.74 Å². The number of nitrogens with zero attached hydrogens (tertiary/aromatic N) is 4. The molecule has 0 atom stereocenters. The van der Waals surface area contributed by atoms with Crippen molar-refractivity contribution in [3.63, 3.8) is 0 Å². The van der Waals surface area contributed by atoms with E-state index in [1.807, 2.05) is 6.92 Å². The fourth-order valence-corrected chi connectivity index (χ4v) is 2.85. The number of rotatable bonds is 8. The van der Waals surface area contributed by atoms with Crippen LogP contribution in [0.2, 0.25) is 0 Å². The third-order valence-corrected chi connectivity index (χ3v) is 3.90. The highest BCUT2D eigenvalue weighted by Crippen LogP contribution is 2.29. The van der Waals surface area contributed by atoms with Crippen LogP contribution in [0.5, 0.6) is 0 Å². The van der Waals surface area contributed by atoms with Crippen LogP contribution in [0.1, 0.15) is 13.3 Å². The first-order valence-corrected chi connectivity index (χ1v) is 7.61. The van der Waals surface area contributed by atoms with Gasteiger partial charge >= 0.3 is 0 Å². The predicted octanol–water partition coefficient (Wildman–Crippen LogP) is 2.32. The van der Waals surface area contributed by atoms with Gasteiger partial charge in [-0.05, 0) is 31.2 Å². The van der Waals surface area contributed by atoms with Gasteiger partial charge in [0.05, 0.1) is 0 Å². The minimum atomic E-state index is 0.682. The number of nitrogens with one attached hydrogen (secondary N) is 1. The van der Waals surface area contributed by atoms with Gasteiger partial charge in [-0.1, -0.05) is 11.3 Å². The molecule has 0 amide bonds. The molecule has 0 radical (unpaired) electrons. The summed E-state index contributed by atoms with van der Waals surface area (Å²) in [6.07, 6.45) is 4.38. The summed E-state index contributed by atoms with van der Waals surface area (Å²) in [5.74, 6) is 0. The summed E-state index contributed by atoms with van der Waals surface area (Å²) >= 11 is 2.91. The quantitative estimate of drug-likeness (QED) is 0.592.